The van der Waals surface area contributed by atoms with Gasteiger partial charge in [-0.15, -0.1) is 0 Å². The summed E-state index contributed by atoms with van der Waals surface area (Å²) >= 11 is 0. The number of carboxylic acids is 1. The van der Waals surface area contributed by atoms with Crippen LogP contribution in [0.2, 0.25) is 0 Å². The van der Waals surface area contributed by atoms with Crippen LogP contribution in [0.4, 0.5) is 0 Å². The van der Waals surface area contributed by atoms with E-state index in [2.05, 4.69) is 10.5 Å². The molecule has 0 radical (unpaired) electrons. The lowest BCUT2D eigenvalue weighted by Gasteiger charge is -2.08. The van der Waals surface area contributed by atoms with Crippen LogP contribution < -0.4 is 5.43 Å². The summed E-state index contributed by atoms with van der Waals surface area (Å²) in [7, 11) is 0. The van der Waals surface area contributed by atoms with Gasteiger partial charge in [0.25, 0.3) is 5.91 Å². The van der Waals surface area contributed by atoms with Crippen LogP contribution >= 0.6 is 0 Å². The Bertz CT molecular complexity index is 960. The molecule has 0 heterocycles. The average molecular weight is 346 g/mol. The number of amides is 1. The van der Waals surface area contributed by atoms with Crippen LogP contribution in [-0.4, -0.2) is 22.7 Å². The van der Waals surface area contributed by atoms with E-state index in [-0.39, 0.29) is 18.7 Å². The molecule has 3 aromatic carbocycles. The van der Waals surface area contributed by atoms with E-state index in [1.54, 1.807) is 6.07 Å². The Kier molecular flexibility index (Phi) is 5.39. The van der Waals surface area contributed by atoms with Gasteiger partial charge in [-0.25, -0.2) is 5.43 Å². The van der Waals surface area contributed by atoms with Gasteiger partial charge in [0, 0.05) is 12.0 Å². The van der Waals surface area contributed by atoms with Crippen molar-refractivity contribution < 1.29 is 14.7 Å². The van der Waals surface area contributed by atoms with Crippen LogP contribution in [0, 0.1) is 0 Å². The first kappa shape index (κ1) is 17.4. The second-order valence-electron chi connectivity index (χ2n) is 5.79. The van der Waals surface area contributed by atoms with E-state index in [1.807, 2.05) is 66.7 Å². The van der Waals surface area contributed by atoms with E-state index >= 15 is 0 Å². The average Bonchev–Trinajstić information content (AvgIpc) is 2.68. The molecule has 5 nitrogen and oxygen atoms in total. The van der Waals surface area contributed by atoms with Gasteiger partial charge in [0.05, 0.1) is 12.1 Å². The maximum absolute atomic E-state index is 12.6. The topological polar surface area (TPSA) is 78.8 Å². The minimum Gasteiger partial charge on any atom is -0.481 e. The summed E-state index contributed by atoms with van der Waals surface area (Å²) in [6, 6.07) is 22.4. The summed E-state index contributed by atoms with van der Waals surface area (Å²) in [5.74, 6) is -1.24. The van der Waals surface area contributed by atoms with Gasteiger partial charge in [-0.3, -0.25) is 9.59 Å². The predicted octanol–water partition coefficient (Wildman–Crippen LogP) is 3.84. The van der Waals surface area contributed by atoms with Crippen LogP contribution in [0.5, 0.6) is 0 Å². The molecule has 130 valence electrons. The monoisotopic (exact) mass is 346 g/mol. The molecule has 0 atom stereocenters. The Labute approximate surface area is 151 Å². The van der Waals surface area contributed by atoms with Crippen molar-refractivity contribution in [1.82, 2.24) is 5.43 Å². The molecule has 3 aromatic rings. The second kappa shape index (κ2) is 8.07. The number of aliphatic carboxylic acids is 1. The SMILES string of the molecule is O=C(O)CC/C(=N\NC(=O)c1cccc2ccccc12)c1ccccc1. The third-order valence-corrected chi connectivity index (χ3v) is 4.01. The third kappa shape index (κ3) is 4.13. The Hall–Kier alpha value is -3.47. The van der Waals surface area contributed by atoms with Crippen molar-refractivity contribution in [3.63, 3.8) is 0 Å². The molecule has 0 bridgehead atoms. The van der Waals surface area contributed by atoms with E-state index in [4.69, 9.17) is 5.11 Å². The van der Waals surface area contributed by atoms with Crippen LogP contribution in [0.1, 0.15) is 28.8 Å². The number of carbonyl (C=O) groups excluding carboxylic acids is 1. The molecule has 0 unspecified atom stereocenters. The normalized spacial score (nSPS) is 11.3. The van der Waals surface area contributed by atoms with E-state index in [0.29, 0.717) is 11.3 Å². The Morgan fingerprint density at radius 2 is 1.54 bits per heavy atom. The number of benzene rings is 3. The number of nitrogens with zero attached hydrogens (tertiary/aromatic N) is 1. The molecule has 0 aliphatic heterocycles. The standard InChI is InChI=1S/C21H18N2O3/c24-20(25)14-13-19(16-8-2-1-3-9-16)22-23-21(26)18-12-6-10-15-7-4-5-11-17(15)18/h1-12H,13-14H2,(H,23,26)(H,24,25)/b22-19+. The van der Waals surface area contributed by atoms with Gasteiger partial charge in [-0.05, 0) is 22.4 Å². The lowest BCUT2D eigenvalue weighted by Crippen LogP contribution is -2.20. The zero-order valence-electron chi connectivity index (χ0n) is 14.1. The number of carbonyl (C=O) groups is 2. The number of rotatable bonds is 6. The van der Waals surface area contributed by atoms with Crippen molar-refractivity contribution in [2.75, 3.05) is 0 Å². The van der Waals surface area contributed by atoms with Crippen molar-refractivity contribution in [3.05, 3.63) is 83.9 Å². The molecule has 0 saturated carbocycles. The van der Waals surface area contributed by atoms with Crippen LogP contribution in [-0.2, 0) is 4.79 Å². The summed E-state index contributed by atoms with van der Waals surface area (Å²) in [5.41, 5.74) is 4.41. The van der Waals surface area contributed by atoms with Crippen LogP contribution in [0.15, 0.2) is 77.9 Å². The fourth-order valence-corrected chi connectivity index (χ4v) is 2.72. The van der Waals surface area contributed by atoms with Crippen LogP contribution in [0.3, 0.4) is 0 Å². The van der Waals surface area contributed by atoms with E-state index in [9.17, 15) is 9.59 Å². The molecule has 0 aliphatic carbocycles. The number of carboxylic acid groups (broad SMARTS) is 1. The largest absolute Gasteiger partial charge is 0.481 e. The molecule has 1 amide bonds. The van der Waals surface area contributed by atoms with Gasteiger partial charge in [0.15, 0.2) is 0 Å². The second-order valence-corrected chi connectivity index (χ2v) is 5.79. The van der Waals surface area contributed by atoms with Crippen LogP contribution in [0.25, 0.3) is 10.8 Å². The maximum atomic E-state index is 12.6. The molecule has 2 N–H and O–H groups in total. The molecule has 0 aliphatic rings. The van der Waals surface area contributed by atoms with E-state index in [1.165, 1.54) is 0 Å². The minimum atomic E-state index is -0.908. The molecular formula is C21H18N2O3. The maximum Gasteiger partial charge on any atom is 0.303 e. The van der Waals surface area contributed by atoms with E-state index in [0.717, 1.165) is 16.3 Å². The van der Waals surface area contributed by atoms with Crippen molar-refractivity contribution in [3.8, 4) is 0 Å². The number of hydrogen-bond acceptors (Lipinski definition) is 3. The van der Waals surface area contributed by atoms with Gasteiger partial charge in [-0.2, -0.15) is 5.10 Å². The predicted molar refractivity (Wildman–Crippen MR) is 101 cm³/mol. The highest BCUT2D eigenvalue weighted by Gasteiger charge is 2.11. The van der Waals surface area contributed by atoms with Crippen molar-refractivity contribution >= 4 is 28.4 Å². The number of hydrazone groups is 1. The lowest BCUT2D eigenvalue weighted by atomic mass is 10.0. The van der Waals surface area contributed by atoms with Crippen molar-refractivity contribution in [2.45, 2.75) is 12.8 Å². The molecule has 0 spiro atoms. The fraction of sp³-hybridized carbons (Fsp3) is 0.0952. The molecule has 0 aromatic heterocycles. The zero-order chi connectivity index (χ0) is 18.4. The molecule has 26 heavy (non-hydrogen) atoms. The first-order valence-electron chi connectivity index (χ1n) is 8.27. The van der Waals surface area contributed by atoms with Gasteiger partial charge in [-0.1, -0.05) is 66.7 Å². The first-order valence-corrected chi connectivity index (χ1v) is 8.27. The molecule has 3 rings (SSSR count). The Morgan fingerprint density at radius 1 is 0.846 bits per heavy atom. The van der Waals surface area contributed by atoms with Gasteiger partial charge >= 0.3 is 5.97 Å². The van der Waals surface area contributed by atoms with E-state index < -0.39 is 5.97 Å². The summed E-state index contributed by atoms with van der Waals surface area (Å²) in [4.78, 5) is 23.5. The Morgan fingerprint density at radius 3 is 2.31 bits per heavy atom. The summed E-state index contributed by atoms with van der Waals surface area (Å²) < 4.78 is 0. The van der Waals surface area contributed by atoms with Gasteiger partial charge < -0.3 is 5.11 Å². The third-order valence-electron chi connectivity index (χ3n) is 4.01. The quantitative estimate of drug-likeness (QED) is 0.526. The molecule has 5 heteroatoms. The molecule has 0 fully saturated rings. The Balaban J connectivity index is 1.86. The van der Waals surface area contributed by atoms with Crippen molar-refractivity contribution in [2.24, 2.45) is 5.10 Å². The highest BCUT2D eigenvalue weighted by Crippen LogP contribution is 2.18. The molecule has 0 saturated heterocycles. The first-order chi connectivity index (χ1) is 12.6. The summed E-state index contributed by atoms with van der Waals surface area (Å²) in [6.07, 6.45) is 0.174. The summed E-state index contributed by atoms with van der Waals surface area (Å²) in [5, 5.41) is 15.0. The summed E-state index contributed by atoms with van der Waals surface area (Å²) in [6.45, 7) is 0. The smallest absolute Gasteiger partial charge is 0.303 e. The number of nitrogens with one attached hydrogen (secondary N) is 1. The number of fused-ring (bicyclic) bond motifs is 1. The zero-order valence-corrected chi connectivity index (χ0v) is 14.1. The minimum absolute atomic E-state index is 0.0577. The highest BCUT2D eigenvalue weighted by atomic mass is 16.4. The van der Waals surface area contributed by atoms with Gasteiger partial charge in [0.1, 0.15) is 0 Å². The van der Waals surface area contributed by atoms with Crippen molar-refractivity contribution in [1.29, 1.82) is 0 Å². The lowest BCUT2D eigenvalue weighted by molar-refractivity contribution is -0.136. The highest BCUT2D eigenvalue weighted by molar-refractivity contribution is 6.08. The van der Waals surface area contributed by atoms with Gasteiger partial charge in [0.2, 0.25) is 0 Å². The molecular weight excluding hydrogens is 328 g/mol. The fourth-order valence-electron chi connectivity index (χ4n) is 2.72. The number of hydrogen-bond donors (Lipinski definition) is 2.